The molecule has 0 N–H and O–H groups in total. The highest BCUT2D eigenvalue weighted by Gasteiger charge is 1.93. The smallest absolute Gasteiger partial charge is 0.210 e. The number of aliphatic imine (C=N–C) groups is 1. The van der Waals surface area contributed by atoms with Crippen molar-refractivity contribution in [2.24, 2.45) is 4.99 Å². The molecule has 0 radical (unpaired) electrons. The molecule has 0 aromatic carbocycles. The summed E-state index contributed by atoms with van der Waals surface area (Å²) in [5.41, 5.74) is 0. The molecule has 0 aromatic rings. The Morgan fingerprint density at radius 2 is 2.30 bits per heavy atom. The summed E-state index contributed by atoms with van der Waals surface area (Å²) in [4.78, 5) is 3.67. The second-order valence-corrected chi connectivity index (χ2v) is 1.71. The van der Waals surface area contributed by atoms with E-state index in [1.807, 2.05) is 0 Å². The Labute approximate surface area is 60.4 Å². The van der Waals surface area contributed by atoms with Crippen LogP contribution in [0.25, 0.3) is 0 Å². The van der Waals surface area contributed by atoms with Crippen LogP contribution in [0.2, 0.25) is 0 Å². The topological polar surface area (TPSA) is 21.6 Å². The lowest BCUT2D eigenvalue weighted by Gasteiger charge is -1.96. The molecule has 10 heavy (non-hydrogen) atoms. The van der Waals surface area contributed by atoms with E-state index in [1.54, 1.807) is 14.0 Å². The fourth-order valence-corrected chi connectivity index (χ4v) is 0.451. The number of hydrogen-bond acceptors (Lipinski definition) is 2. The molecule has 0 aliphatic heterocycles. The minimum atomic E-state index is -0.220. The summed E-state index contributed by atoms with van der Waals surface area (Å²) in [7, 11) is 3.01. The van der Waals surface area contributed by atoms with Crippen LogP contribution >= 0.6 is 0 Å². The van der Waals surface area contributed by atoms with Gasteiger partial charge in [-0.2, -0.15) is 0 Å². The van der Waals surface area contributed by atoms with Crippen LogP contribution in [0.3, 0.4) is 0 Å². The molecule has 0 spiro atoms. The second-order valence-electron chi connectivity index (χ2n) is 1.71. The van der Waals surface area contributed by atoms with Gasteiger partial charge in [0.05, 0.1) is 7.11 Å². The predicted octanol–water partition coefficient (Wildman–Crippen LogP) is 1.92. The number of allylic oxidation sites excluding steroid dienone is 1. The van der Waals surface area contributed by atoms with Crippen molar-refractivity contribution in [3.63, 3.8) is 0 Å². The Morgan fingerprint density at radius 1 is 1.70 bits per heavy atom. The highest BCUT2D eigenvalue weighted by molar-refractivity contribution is 5.87. The standard InChI is InChI=1S/C7H12FNO/c1-4-6(8)5-7(9-2)10-3/h5H,4H2,1-3H3/b6-5+,9-7?. The zero-order chi connectivity index (χ0) is 7.98. The number of hydrogen-bond donors (Lipinski definition) is 0. The second kappa shape index (κ2) is 4.97. The zero-order valence-electron chi connectivity index (χ0n) is 6.52. The van der Waals surface area contributed by atoms with Crippen molar-refractivity contribution in [2.75, 3.05) is 14.2 Å². The van der Waals surface area contributed by atoms with E-state index in [2.05, 4.69) is 4.99 Å². The van der Waals surface area contributed by atoms with Crippen molar-refractivity contribution >= 4 is 5.90 Å². The first kappa shape index (κ1) is 9.14. The van der Waals surface area contributed by atoms with Crippen molar-refractivity contribution < 1.29 is 9.13 Å². The quantitative estimate of drug-likeness (QED) is 0.429. The summed E-state index contributed by atoms with van der Waals surface area (Å²) < 4.78 is 17.2. The monoisotopic (exact) mass is 145 g/mol. The van der Waals surface area contributed by atoms with Gasteiger partial charge in [-0.1, -0.05) is 6.92 Å². The largest absolute Gasteiger partial charge is 0.481 e. The van der Waals surface area contributed by atoms with E-state index >= 15 is 0 Å². The maximum atomic E-state index is 12.5. The third kappa shape index (κ3) is 3.22. The maximum Gasteiger partial charge on any atom is 0.210 e. The average Bonchev–Trinajstić information content (AvgIpc) is 1.99. The minimum Gasteiger partial charge on any atom is -0.481 e. The molecule has 0 aliphatic carbocycles. The van der Waals surface area contributed by atoms with Crippen molar-refractivity contribution in [2.45, 2.75) is 13.3 Å². The zero-order valence-corrected chi connectivity index (χ0v) is 6.52. The molecule has 58 valence electrons. The van der Waals surface area contributed by atoms with Gasteiger partial charge in [0, 0.05) is 13.1 Å². The number of methoxy groups -OCH3 is 1. The van der Waals surface area contributed by atoms with Crippen LogP contribution in [-0.4, -0.2) is 20.1 Å². The van der Waals surface area contributed by atoms with Gasteiger partial charge in [-0.3, -0.25) is 4.99 Å². The fourth-order valence-electron chi connectivity index (χ4n) is 0.451. The van der Waals surface area contributed by atoms with Gasteiger partial charge in [-0.05, 0) is 6.42 Å². The first-order chi connectivity index (χ1) is 4.74. The van der Waals surface area contributed by atoms with Crippen molar-refractivity contribution in [3.05, 3.63) is 11.9 Å². The van der Waals surface area contributed by atoms with E-state index in [9.17, 15) is 4.39 Å². The SMILES string of the molecule is CC/C(F)=C\C(=NC)OC. The average molecular weight is 145 g/mol. The number of halogens is 1. The highest BCUT2D eigenvalue weighted by atomic mass is 19.1. The van der Waals surface area contributed by atoms with Crippen molar-refractivity contribution in [1.82, 2.24) is 0 Å². The van der Waals surface area contributed by atoms with Crippen LogP contribution in [0, 0.1) is 0 Å². The molecule has 0 bridgehead atoms. The Kier molecular flexibility index (Phi) is 4.54. The Balaban J connectivity index is 4.08. The number of nitrogens with zero attached hydrogens (tertiary/aromatic N) is 1. The van der Waals surface area contributed by atoms with Crippen molar-refractivity contribution in [1.29, 1.82) is 0 Å². The minimum absolute atomic E-state index is 0.220. The van der Waals surface area contributed by atoms with Crippen LogP contribution in [0.1, 0.15) is 13.3 Å². The van der Waals surface area contributed by atoms with Crippen LogP contribution in [0.5, 0.6) is 0 Å². The molecule has 0 saturated carbocycles. The molecule has 0 unspecified atom stereocenters. The lowest BCUT2D eigenvalue weighted by Crippen LogP contribution is -1.96. The third-order valence-electron chi connectivity index (χ3n) is 1.05. The summed E-state index contributed by atoms with van der Waals surface area (Å²) in [5, 5.41) is 0. The summed E-state index contributed by atoms with van der Waals surface area (Å²) in [6, 6.07) is 0. The van der Waals surface area contributed by atoms with Gasteiger partial charge < -0.3 is 4.74 Å². The lowest BCUT2D eigenvalue weighted by molar-refractivity contribution is 0.404. The number of ether oxygens (including phenoxy) is 1. The summed E-state index contributed by atoms with van der Waals surface area (Å²) in [6.45, 7) is 1.73. The Bertz CT molecular complexity index is 152. The van der Waals surface area contributed by atoms with E-state index in [-0.39, 0.29) is 5.83 Å². The molecule has 0 aliphatic rings. The molecular formula is C7H12FNO. The highest BCUT2D eigenvalue weighted by Crippen LogP contribution is 2.01. The Morgan fingerprint density at radius 3 is 2.60 bits per heavy atom. The summed E-state index contributed by atoms with van der Waals surface area (Å²) in [6.07, 6.45) is 1.66. The molecule has 0 rings (SSSR count). The van der Waals surface area contributed by atoms with E-state index in [0.29, 0.717) is 12.3 Å². The summed E-state index contributed by atoms with van der Waals surface area (Å²) in [5.74, 6) is 0.0989. The molecule has 0 amide bonds. The molecule has 3 heteroatoms. The van der Waals surface area contributed by atoms with Crippen LogP contribution < -0.4 is 0 Å². The third-order valence-corrected chi connectivity index (χ3v) is 1.05. The molecule has 0 saturated heterocycles. The van der Waals surface area contributed by atoms with Gasteiger partial charge in [0.15, 0.2) is 0 Å². The van der Waals surface area contributed by atoms with Crippen LogP contribution in [0.15, 0.2) is 16.9 Å². The van der Waals surface area contributed by atoms with Gasteiger partial charge in [-0.25, -0.2) is 4.39 Å². The van der Waals surface area contributed by atoms with Gasteiger partial charge >= 0.3 is 0 Å². The van der Waals surface area contributed by atoms with Crippen LogP contribution in [-0.2, 0) is 4.74 Å². The van der Waals surface area contributed by atoms with Gasteiger partial charge in [0.1, 0.15) is 5.83 Å². The molecule has 0 aromatic heterocycles. The van der Waals surface area contributed by atoms with E-state index in [4.69, 9.17) is 4.74 Å². The van der Waals surface area contributed by atoms with Crippen LogP contribution in [0.4, 0.5) is 4.39 Å². The van der Waals surface area contributed by atoms with E-state index < -0.39 is 0 Å². The first-order valence-corrected chi connectivity index (χ1v) is 3.11. The maximum absolute atomic E-state index is 12.5. The molecule has 0 fully saturated rings. The molecule has 2 nitrogen and oxygen atoms in total. The molecule has 0 atom stereocenters. The van der Waals surface area contributed by atoms with Gasteiger partial charge in [0.2, 0.25) is 5.90 Å². The van der Waals surface area contributed by atoms with Gasteiger partial charge in [-0.15, -0.1) is 0 Å². The van der Waals surface area contributed by atoms with Gasteiger partial charge in [0.25, 0.3) is 0 Å². The van der Waals surface area contributed by atoms with Crippen molar-refractivity contribution in [3.8, 4) is 0 Å². The van der Waals surface area contributed by atoms with E-state index in [1.165, 1.54) is 13.2 Å². The molecular weight excluding hydrogens is 133 g/mol. The van der Waals surface area contributed by atoms with E-state index in [0.717, 1.165) is 0 Å². The lowest BCUT2D eigenvalue weighted by atomic mass is 10.4. The first-order valence-electron chi connectivity index (χ1n) is 3.11. The number of rotatable bonds is 2. The predicted molar refractivity (Wildman–Crippen MR) is 39.9 cm³/mol. The normalized spacial score (nSPS) is 13.6. The molecule has 0 heterocycles. The fraction of sp³-hybridized carbons (Fsp3) is 0.571. The Hall–Kier alpha value is -0.860. The summed E-state index contributed by atoms with van der Waals surface area (Å²) >= 11 is 0.